The number of benzene rings is 1. The zero-order chi connectivity index (χ0) is 16.2. The first-order valence-electron chi connectivity index (χ1n) is 6.13. The third-order valence-corrected chi connectivity index (χ3v) is 2.75. The van der Waals surface area contributed by atoms with E-state index in [9.17, 15) is 18.0 Å². The number of anilines is 1. The summed E-state index contributed by atoms with van der Waals surface area (Å²) in [6, 6.07) is 5.03. The highest BCUT2D eigenvalue weighted by Crippen LogP contribution is 2.32. The van der Waals surface area contributed by atoms with Crippen LogP contribution in [0.2, 0.25) is 0 Å². The Balaban J connectivity index is 2.36. The van der Waals surface area contributed by atoms with Crippen LogP contribution in [0.3, 0.4) is 0 Å². The molecule has 1 aliphatic rings. The van der Waals surface area contributed by atoms with E-state index in [4.69, 9.17) is 14.2 Å². The lowest BCUT2D eigenvalue weighted by Gasteiger charge is -2.27. The molecule has 0 unspecified atom stereocenters. The van der Waals surface area contributed by atoms with Crippen LogP contribution in [-0.2, 0) is 14.3 Å². The first-order chi connectivity index (χ1) is 10.4. The quantitative estimate of drug-likeness (QED) is 0.522. The second-order valence-corrected chi connectivity index (χ2v) is 4.34. The number of thiol groups is 1. The molecule has 0 N–H and O–H groups in total. The number of nitrogens with zero attached hydrogens (tertiary/aromatic N) is 1. The summed E-state index contributed by atoms with van der Waals surface area (Å²) in [6.45, 7) is 0.181. The van der Waals surface area contributed by atoms with E-state index >= 15 is 0 Å². The van der Waals surface area contributed by atoms with Gasteiger partial charge in [0.2, 0.25) is 5.76 Å². The molecule has 1 aromatic rings. The van der Waals surface area contributed by atoms with Crippen LogP contribution in [0, 0.1) is 0 Å². The van der Waals surface area contributed by atoms with Gasteiger partial charge in [0.05, 0.1) is 5.69 Å². The van der Waals surface area contributed by atoms with Crippen molar-refractivity contribution in [1.82, 2.24) is 0 Å². The number of ether oxygens (including phenoxy) is 3. The van der Waals surface area contributed by atoms with Gasteiger partial charge in [-0.25, -0.2) is 4.90 Å². The minimum Gasteiger partial charge on any atom is -0.494 e. The summed E-state index contributed by atoms with van der Waals surface area (Å²) in [5.41, 5.74) is -0.396. The second kappa shape index (κ2) is 6.82. The number of carbonyl (C=O) groups excluding carboxylic acids is 1. The Kier molecular flexibility index (Phi) is 5.07. The first-order valence-corrected chi connectivity index (χ1v) is 6.76. The number of hydrogen-bond acceptors (Lipinski definition) is 5. The molecule has 1 aromatic carbocycles. The van der Waals surface area contributed by atoms with Crippen molar-refractivity contribution in [2.75, 3.05) is 24.1 Å². The molecular weight excluding hydrogens is 323 g/mol. The predicted molar refractivity (Wildman–Crippen MR) is 74.5 cm³/mol. The molecule has 0 bridgehead atoms. The Hall–Kier alpha value is -2.03. The Morgan fingerprint density at radius 1 is 1.36 bits per heavy atom. The average Bonchev–Trinajstić information content (AvgIpc) is 2.47. The van der Waals surface area contributed by atoms with Gasteiger partial charge in [0.15, 0.2) is 0 Å². The topological polar surface area (TPSA) is 48.0 Å². The number of carbonyl (C=O) groups is 1. The van der Waals surface area contributed by atoms with Crippen LogP contribution < -0.4 is 9.64 Å². The molecule has 0 radical (unpaired) electrons. The third-order valence-electron chi connectivity index (χ3n) is 2.62. The summed E-state index contributed by atoms with van der Waals surface area (Å²) in [6.07, 6.45) is -4.06. The largest absolute Gasteiger partial charge is 0.494 e. The molecule has 0 saturated carbocycles. The molecule has 0 fully saturated rings. The van der Waals surface area contributed by atoms with Gasteiger partial charge in [-0.1, -0.05) is 6.07 Å². The number of alkyl halides is 3. The van der Waals surface area contributed by atoms with Crippen molar-refractivity contribution < 1.29 is 32.2 Å². The van der Waals surface area contributed by atoms with Gasteiger partial charge in [-0.15, -0.1) is 25.8 Å². The molecule has 1 aliphatic heterocycles. The highest BCUT2D eigenvalue weighted by atomic mass is 32.1. The Morgan fingerprint density at radius 3 is 2.73 bits per heavy atom. The Bertz CT molecular complexity index is 577. The van der Waals surface area contributed by atoms with E-state index in [2.05, 4.69) is 12.6 Å². The van der Waals surface area contributed by atoms with Gasteiger partial charge < -0.3 is 14.2 Å². The van der Waals surface area contributed by atoms with Gasteiger partial charge in [-0.3, -0.25) is 4.79 Å². The van der Waals surface area contributed by atoms with Crippen LogP contribution in [0.15, 0.2) is 36.3 Å². The lowest BCUT2D eigenvalue weighted by Crippen LogP contribution is -2.44. The minimum absolute atomic E-state index is 0.00603. The van der Waals surface area contributed by atoms with Crippen molar-refractivity contribution in [2.45, 2.75) is 6.30 Å². The van der Waals surface area contributed by atoms with E-state index in [-0.39, 0.29) is 29.8 Å². The van der Waals surface area contributed by atoms with Gasteiger partial charge in [-0.2, -0.15) is 0 Å². The van der Waals surface area contributed by atoms with Gasteiger partial charge >= 0.3 is 12.2 Å². The SMILES string of the molecule is O=C(C1=COCCO1)N(c1cccc(OCS)c1)C(F)(F)F. The molecular formula is C13H12F3NO4S. The molecule has 0 aromatic heterocycles. The smallest absolute Gasteiger partial charge is 0.491 e. The highest BCUT2D eigenvalue weighted by Gasteiger charge is 2.44. The third kappa shape index (κ3) is 3.79. The van der Waals surface area contributed by atoms with Gasteiger partial charge in [0.25, 0.3) is 0 Å². The summed E-state index contributed by atoms with van der Waals surface area (Å²) in [7, 11) is 0. The van der Waals surface area contributed by atoms with Crippen LogP contribution in [0.4, 0.5) is 18.9 Å². The minimum atomic E-state index is -4.93. The molecule has 0 saturated heterocycles. The predicted octanol–water partition coefficient (Wildman–Crippen LogP) is 2.69. The standard InChI is InChI=1S/C13H12F3NO4S/c14-13(15,16)17(12(18)11-7-19-4-5-20-11)9-2-1-3-10(6-9)21-8-22/h1-3,6-7,22H,4-5,8H2. The number of amides is 1. The molecule has 1 heterocycles. The molecule has 2 rings (SSSR count). The molecule has 1 amide bonds. The monoisotopic (exact) mass is 335 g/mol. The maximum absolute atomic E-state index is 13.3. The van der Waals surface area contributed by atoms with Crippen molar-refractivity contribution in [2.24, 2.45) is 0 Å². The van der Waals surface area contributed by atoms with E-state index in [1.807, 2.05) is 0 Å². The van der Waals surface area contributed by atoms with Crippen molar-refractivity contribution in [3.05, 3.63) is 36.3 Å². The average molecular weight is 335 g/mol. The molecule has 9 heteroatoms. The van der Waals surface area contributed by atoms with E-state index in [0.717, 1.165) is 18.4 Å². The number of halogens is 3. The molecule has 0 spiro atoms. The van der Waals surface area contributed by atoms with Crippen molar-refractivity contribution >= 4 is 24.2 Å². The summed E-state index contributed by atoms with van der Waals surface area (Å²) in [5, 5.41) is 0. The highest BCUT2D eigenvalue weighted by molar-refractivity contribution is 7.80. The van der Waals surface area contributed by atoms with Crippen LogP contribution in [0.5, 0.6) is 5.75 Å². The summed E-state index contributed by atoms with van der Waals surface area (Å²) in [5.74, 6) is -1.73. The fraction of sp³-hybridized carbons (Fsp3) is 0.308. The second-order valence-electron chi connectivity index (χ2n) is 4.08. The molecule has 0 aliphatic carbocycles. The Labute approximate surface area is 129 Å². The van der Waals surface area contributed by atoms with E-state index in [1.54, 1.807) is 0 Å². The van der Waals surface area contributed by atoms with Gasteiger partial charge in [0, 0.05) is 6.07 Å². The van der Waals surface area contributed by atoms with E-state index in [0.29, 0.717) is 0 Å². The van der Waals surface area contributed by atoms with Gasteiger partial charge in [-0.05, 0) is 12.1 Å². The Morgan fingerprint density at radius 2 is 2.14 bits per heavy atom. The lowest BCUT2D eigenvalue weighted by atomic mass is 10.2. The van der Waals surface area contributed by atoms with Crippen LogP contribution in [-0.4, -0.2) is 31.4 Å². The summed E-state index contributed by atoms with van der Waals surface area (Å²) in [4.78, 5) is 11.8. The fourth-order valence-corrected chi connectivity index (χ4v) is 1.91. The molecule has 5 nitrogen and oxygen atoms in total. The van der Waals surface area contributed by atoms with Gasteiger partial charge in [0.1, 0.15) is 31.2 Å². The normalized spacial score (nSPS) is 14.5. The maximum atomic E-state index is 13.3. The fourth-order valence-electron chi connectivity index (χ4n) is 1.76. The van der Waals surface area contributed by atoms with Crippen molar-refractivity contribution in [1.29, 1.82) is 0 Å². The van der Waals surface area contributed by atoms with Crippen molar-refractivity contribution in [3.63, 3.8) is 0 Å². The summed E-state index contributed by atoms with van der Waals surface area (Å²) >= 11 is 3.83. The number of rotatable bonds is 4. The first kappa shape index (κ1) is 16.3. The van der Waals surface area contributed by atoms with E-state index in [1.165, 1.54) is 12.1 Å². The van der Waals surface area contributed by atoms with Crippen LogP contribution in [0.25, 0.3) is 0 Å². The number of hydrogen-bond donors (Lipinski definition) is 1. The maximum Gasteiger partial charge on any atom is 0.491 e. The lowest BCUT2D eigenvalue weighted by molar-refractivity contribution is -0.150. The van der Waals surface area contributed by atoms with Crippen LogP contribution >= 0.6 is 12.6 Å². The molecule has 22 heavy (non-hydrogen) atoms. The zero-order valence-corrected chi connectivity index (χ0v) is 12.1. The zero-order valence-electron chi connectivity index (χ0n) is 11.2. The van der Waals surface area contributed by atoms with Crippen molar-refractivity contribution in [3.8, 4) is 5.75 Å². The van der Waals surface area contributed by atoms with E-state index < -0.39 is 23.7 Å². The summed E-state index contributed by atoms with van der Waals surface area (Å²) < 4.78 is 54.5. The molecule has 120 valence electrons. The van der Waals surface area contributed by atoms with Crippen LogP contribution in [0.1, 0.15) is 0 Å². The molecule has 0 atom stereocenters.